The van der Waals surface area contributed by atoms with Gasteiger partial charge in [0.05, 0.1) is 12.0 Å². The van der Waals surface area contributed by atoms with E-state index >= 15 is 0 Å². The average molecular weight is 457 g/mol. The van der Waals surface area contributed by atoms with Crippen LogP contribution in [0.1, 0.15) is 55.5 Å². The van der Waals surface area contributed by atoms with Gasteiger partial charge in [-0.1, -0.05) is 20.8 Å². The molecule has 3 fully saturated rings. The summed E-state index contributed by atoms with van der Waals surface area (Å²) in [6, 6.07) is 5.14. The van der Waals surface area contributed by atoms with Crippen molar-refractivity contribution in [2.75, 3.05) is 51.3 Å². The molecular formula is C25H36N4O4. The molecule has 0 aromatic heterocycles. The molecule has 0 radical (unpaired) electrons. The number of carbonyl (C=O) groups is 3. The Bertz CT molecular complexity index is 933. The van der Waals surface area contributed by atoms with Crippen molar-refractivity contribution in [3.8, 4) is 0 Å². The minimum Gasteiger partial charge on any atom is -0.369 e. The summed E-state index contributed by atoms with van der Waals surface area (Å²) >= 11 is 0. The van der Waals surface area contributed by atoms with E-state index in [2.05, 4.69) is 37.6 Å². The number of Topliss-reactive ketones (excluding diaryl/α,β-unsaturated/α-hetero) is 1. The summed E-state index contributed by atoms with van der Waals surface area (Å²) in [6.07, 6.45) is 0.986. The maximum atomic E-state index is 14.0. The predicted molar refractivity (Wildman–Crippen MR) is 126 cm³/mol. The lowest BCUT2D eigenvalue weighted by molar-refractivity contribution is -0.138. The molecule has 2 amide bonds. The van der Waals surface area contributed by atoms with Gasteiger partial charge in [-0.3, -0.25) is 14.4 Å². The van der Waals surface area contributed by atoms with Crippen molar-refractivity contribution in [2.24, 2.45) is 11.1 Å². The van der Waals surface area contributed by atoms with Crippen LogP contribution in [0.25, 0.3) is 0 Å². The molecule has 8 heteroatoms. The lowest BCUT2D eigenvalue weighted by atomic mass is 9.79. The largest absolute Gasteiger partial charge is 0.369 e. The molecule has 3 saturated heterocycles. The molecule has 3 atom stereocenters. The van der Waals surface area contributed by atoms with Crippen LogP contribution in [0.3, 0.4) is 0 Å². The number of ether oxygens (including phenoxy) is 1. The van der Waals surface area contributed by atoms with Crippen molar-refractivity contribution in [3.63, 3.8) is 0 Å². The number of fused-ring (bicyclic) bond motifs is 1. The number of likely N-dealkylation sites (N-methyl/N-ethyl adjacent to an activating group) is 1. The molecular weight excluding hydrogens is 420 g/mol. The number of carbonyl (C=O) groups excluding carboxylic acids is 3. The van der Waals surface area contributed by atoms with Crippen LogP contribution in [-0.4, -0.2) is 85.9 Å². The van der Waals surface area contributed by atoms with Crippen molar-refractivity contribution < 1.29 is 19.1 Å². The number of ketones is 1. The number of hydrogen-bond acceptors (Lipinski definition) is 6. The zero-order valence-corrected chi connectivity index (χ0v) is 20.2. The first-order valence-corrected chi connectivity index (χ1v) is 11.9. The smallest absolute Gasteiger partial charge is 0.249 e. The van der Waals surface area contributed by atoms with Gasteiger partial charge >= 0.3 is 0 Å². The van der Waals surface area contributed by atoms with Crippen LogP contribution in [0.5, 0.6) is 0 Å². The van der Waals surface area contributed by atoms with E-state index in [4.69, 9.17) is 10.5 Å². The Morgan fingerprint density at radius 1 is 1.15 bits per heavy atom. The third-order valence-electron chi connectivity index (χ3n) is 7.05. The minimum absolute atomic E-state index is 0.0401. The summed E-state index contributed by atoms with van der Waals surface area (Å²) in [5, 5.41) is 0. The molecule has 0 aliphatic carbocycles. The first-order chi connectivity index (χ1) is 15.5. The SMILES string of the molecule is CN1CCN(c2ccc(C(N)=O)c([C@H](CC(C)(C)C)C(=O)N3CC[C@H]4OCC(=O)[C@H]43)c2)CC1. The topological polar surface area (TPSA) is 96.2 Å². The summed E-state index contributed by atoms with van der Waals surface area (Å²) in [5.74, 6) is -1.26. The van der Waals surface area contributed by atoms with E-state index in [1.54, 1.807) is 11.0 Å². The number of nitrogens with two attached hydrogens (primary N) is 1. The lowest BCUT2D eigenvalue weighted by Gasteiger charge is -2.35. The third kappa shape index (κ3) is 4.92. The van der Waals surface area contributed by atoms with Gasteiger partial charge in [0.2, 0.25) is 11.8 Å². The maximum absolute atomic E-state index is 14.0. The summed E-state index contributed by atoms with van der Waals surface area (Å²) in [7, 11) is 2.11. The first-order valence-electron chi connectivity index (χ1n) is 11.9. The molecule has 1 aromatic rings. The van der Waals surface area contributed by atoms with E-state index in [1.807, 2.05) is 12.1 Å². The number of nitrogens with zero attached hydrogens (tertiary/aromatic N) is 3. The van der Waals surface area contributed by atoms with E-state index in [1.165, 1.54) is 0 Å². The molecule has 0 spiro atoms. The molecule has 3 aliphatic rings. The maximum Gasteiger partial charge on any atom is 0.249 e. The van der Waals surface area contributed by atoms with E-state index < -0.39 is 17.9 Å². The fraction of sp³-hybridized carbons (Fsp3) is 0.640. The average Bonchev–Trinajstić information content (AvgIpc) is 3.34. The zero-order valence-electron chi connectivity index (χ0n) is 20.2. The monoisotopic (exact) mass is 456 g/mol. The van der Waals surface area contributed by atoms with Gasteiger partial charge in [-0.05, 0) is 49.1 Å². The molecule has 4 rings (SSSR count). The Morgan fingerprint density at radius 2 is 1.85 bits per heavy atom. The molecule has 3 aliphatic heterocycles. The number of primary amides is 1. The van der Waals surface area contributed by atoms with Gasteiger partial charge in [-0.25, -0.2) is 0 Å². The van der Waals surface area contributed by atoms with Crippen LogP contribution < -0.4 is 10.6 Å². The van der Waals surface area contributed by atoms with Gasteiger partial charge in [0, 0.05) is 44.0 Å². The van der Waals surface area contributed by atoms with Gasteiger partial charge in [0.25, 0.3) is 0 Å². The van der Waals surface area contributed by atoms with Crippen molar-refractivity contribution in [1.82, 2.24) is 9.80 Å². The lowest BCUT2D eigenvalue weighted by Crippen LogP contribution is -2.45. The molecule has 0 saturated carbocycles. The highest BCUT2D eigenvalue weighted by Gasteiger charge is 2.48. The first kappa shape index (κ1) is 23.7. The van der Waals surface area contributed by atoms with Crippen molar-refractivity contribution in [3.05, 3.63) is 29.3 Å². The Labute approximate surface area is 196 Å². The third-order valence-corrected chi connectivity index (χ3v) is 7.05. The summed E-state index contributed by atoms with van der Waals surface area (Å²) < 4.78 is 5.60. The number of piperazine rings is 1. The Morgan fingerprint density at radius 3 is 2.48 bits per heavy atom. The highest BCUT2D eigenvalue weighted by Crippen LogP contribution is 2.38. The van der Waals surface area contributed by atoms with E-state index in [0.717, 1.165) is 31.9 Å². The molecule has 2 N–H and O–H groups in total. The number of rotatable bonds is 5. The number of benzene rings is 1. The highest BCUT2D eigenvalue weighted by atomic mass is 16.5. The van der Waals surface area contributed by atoms with E-state index in [-0.39, 0.29) is 29.8 Å². The minimum atomic E-state index is -0.563. The van der Waals surface area contributed by atoms with E-state index in [9.17, 15) is 14.4 Å². The second-order valence-electron chi connectivity index (χ2n) is 10.8. The van der Waals surface area contributed by atoms with Crippen molar-refractivity contribution >= 4 is 23.3 Å². The highest BCUT2D eigenvalue weighted by molar-refractivity contribution is 5.99. The van der Waals surface area contributed by atoms with Gasteiger partial charge in [0.15, 0.2) is 5.78 Å². The zero-order chi connectivity index (χ0) is 23.9. The fourth-order valence-corrected chi connectivity index (χ4v) is 5.31. The fourth-order valence-electron chi connectivity index (χ4n) is 5.31. The number of likely N-dealkylation sites (tertiary alicyclic amines) is 1. The molecule has 0 bridgehead atoms. The van der Waals surface area contributed by atoms with Crippen molar-refractivity contribution in [1.29, 1.82) is 0 Å². The molecule has 180 valence electrons. The number of amides is 2. The second-order valence-corrected chi connectivity index (χ2v) is 10.8. The normalized spacial score (nSPS) is 24.8. The Balaban J connectivity index is 1.72. The Hall–Kier alpha value is -2.45. The van der Waals surface area contributed by atoms with Crippen LogP contribution in [-0.2, 0) is 14.3 Å². The van der Waals surface area contributed by atoms with Crippen LogP contribution >= 0.6 is 0 Å². The van der Waals surface area contributed by atoms with Crippen LogP contribution in [0.2, 0.25) is 0 Å². The van der Waals surface area contributed by atoms with Crippen LogP contribution in [0.4, 0.5) is 5.69 Å². The van der Waals surface area contributed by atoms with Gasteiger partial charge in [-0.15, -0.1) is 0 Å². The molecule has 0 unspecified atom stereocenters. The van der Waals surface area contributed by atoms with Crippen LogP contribution in [0.15, 0.2) is 18.2 Å². The van der Waals surface area contributed by atoms with Gasteiger partial charge in [0.1, 0.15) is 12.6 Å². The standard InChI is InChI=1S/C25H36N4O4/c1-25(2,3)14-19(24(32)29-8-7-21-22(29)20(30)15-33-21)18-13-16(5-6-17(18)23(26)31)28-11-9-27(4)10-12-28/h5-6,13,19,21-22H,7-12,14-15H2,1-4H3,(H2,26,31)/t19-,21+,22+/m0/s1. The Kier molecular flexibility index (Phi) is 6.51. The van der Waals surface area contributed by atoms with E-state index in [0.29, 0.717) is 30.5 Å². The molecule has 8 nitrogen and oxygen atoms in total. The molecule has 33 heavy (non-hydrogen) atoms. The van der Waals surface area contributed by atoms with Gasteiger partial charge < -0.3 is 25.2 Å². The summed E-state index contributed by atoms with van der Waals surface area (Å²) in [6.45, 7) is 10.5. The number of hydrogen-bond donors (Lipinski definition) is 1. The summed E-state index contributed by atoms with van der Waals surface area (Å²) in [4.78, 5) is 45.1. The quantitative estimate of drug-likeness (QED) is 0.724. The predicted octanol–water partition coefficient (Wildman–Crippen LogP) is 1.63. The van der Waals surface area contributed by atoms with Crippen LogP contribution in [0, 0.1) is 5.41 Å². The van der Waals surface area contributed by atoms with Gasteiger partial charge in [-0.2, -0.15) is 0 Å². The van der Waals surface area contributed by atoms with Crippen molar-refractivity contribution in [2.45, 2.75) is 51.7 Å². The molecule has 3 heterocycles. The second kappa shape index (κ2) is 9.06. The number of anilines is 1. The summed E-state index contributed by atoms with van der Waals surface area (Å²) in [5.41, 5.74) is 7.62. The molecule has 1 aromatic carbocycles.